The molecule has 0 aliphatic carbocycles. The Morgan fingerprint density at radius 3 is 2.91 bits per heavy atom. The van der Waals surface area contributed by atoms with E-state index in [1.54, 1.807) is 31.4 Å². The first-order chi connectivity index (χ1) is 16.4. The van der Waals surface area contributed by atoms with Crippen LogP contribution in [0.5, 0.6) is 5.75 Å². The first-order valence-corrected chi connectivity index (χ1v) is 10.5. The second-order valence-electron chi connectivity index (χ2n) is 7.94. The predicted octanol–water partition coefficient (Wildman–Crippen LogP) is -0.114. The molecular formula is C23H20N4O7. The number of aliphatic hydroxyl groups excluding tert-OH is 1. The van der Waals surface area contributed by atoms with E-state index >= 15 is 0 Å². The van der Waals surface area contributed by atoms with Crippen molar-refractivity contribution in [2.24, 2.45) is 0 Å². The van der Waals surface area contributed by atoms with Gasteiger partial charge in [-0.05, 0) is 29.8 Å². The highest BCUT2D eigenvalue weighted by Gasteiger charge is 2.34. The van der Waals surface area contributed by atoms with Gasteiger partial charge in [-0.3, -0.25) is 14.4 Å². The lowest BCUT2D eigenvalue weighted by atomic mass is 9.98. The Balaban J connectivity index is 1.67. The topological polar surface area (TPSA) is 149 Å². The number of rotatable bonds is 6. The molecule has 5 rings (SSSR count). The van der Waals surface area contributed by atoms with Crippen LogP contribution in [0.1, 0.15) is 28.4 Å². The van der Waals surface area contributed by atoms with Crippen molar-refractivity contribution in [2.45, 2.75) is 25.8 Å². The molecule has 2 amide bonds. The Kier molecular flexibility index (Phi) is 5.25. The molecular weight excluding hydrogens is 444 g/mol. The van der Waals surface area contributed by atoms with Crippen LogP contribution in [0.15, 0.2) is 29.1 Å². The molecule has 0 radical (unpaired) electrons. The van der Waals surface area contributed by atoms with Gasteiger partial charge in [0.25, 0.3) is 5.56 Å². The van der Waals surface area contributed by atoms with Gasteiger partial charge in [0.05, 0.1) is 42.7 Å². The van der Waals surface area contributed by atoms with Crippen molar-refractivity contribution in [3.63, 3.8) is 0 Å². The summed E-state index contributed by atoms with van der Waals surface area (Å²) in [5.74, 6) is -0.581. The fourth-order valence-corrected chi connectivity index (χ4v) is 4.40. The first-order valence-electron chi connectivity index (χ1n) is 10.5. The van der Waals surface area contributed by atoms with E-state index in [9.17, 15) is 24.3 Å². The van der Waals surface area contributed by atoms with Crippen molar-refractivity contribution in [1.82, 2.24) is 20.2 Å². The van der Waals surface area contributed by atoms with Crippen LogP contribution >= 0.6 is 0 Å². The minimum absolute atomic E-state index is 0.126. The molecule has 0 saturated heterocycles. The summed E-state index contributed by atoms with van der Waals surface area (Å²) >= 11 is 0. The fraction of sp³-hybridized carbons (Fsp3) is 0.261. The third-order valence-electron chi connectivity index (χ3n) is 6.09. The highest BCUT2D eigenvalue weighted by molar-refractivity contribution is 5.90. The highest BCUT2D eigenvalue weighted by Crippen LogP contribution is 2.38. The van der Waals surface area contributed by atoms with E-state index in [1.165, 1.54) is 4.57 Å². The van der Waals surface area contributed by atoms with Gasteiger partial charge in [-0.25, -0.2) is 9.78 Å². The lowest BCUT2D eigenvalue weighted by Gasteiger charge is -2.21. The Labute approximate surface area is 192 Å². The Morgan fingerprint density at radius 2 is 2.15 bits per heavy atom. The van der Waals surface area contributed by atoms with E-state index < -0.39 is 12.1 Å². The molecule has 1 aromatic carbocycles. The largest absolute Gasteiger partial charge is 0.497 e. The van der Waals surface area contributed by atoms with Crippen molar-refractivity contribution in [3.05, 3.63) is 56.9 Å². The summed E-state index contributed by atoms with van der Waals surface area (Å²) in [6.07, 6.45) is -1.10. The average Bonchev–Trinajstić information content (AvgIpc) is 3.21. The van der Waals surface area contributed by atoms with Crippen LogP contribution in [0.2, 0.25) is 0 Å². The number of cyclic esters (lactones) is 1. The van der Waals surface area contributed by atoms with Crippen molar-refractivity contribution < 1.29 is 29.0 Å². The van der Waals surface area contributed by atoms with Crippen LogP contribution in [0.25, 0.3) is 22.3 Å². The Hall–Kier alpha value is -4.25. The van der Waals surface area contributed by atoms with Gasteiger partial charge in [0.15, 0.2) is 6.10 Å². The van der Waals surface area contributed by atoms with Crippen LogP contribution in [0.4, 0.5) is 0 Å². The van der Waals surface area contributed by atoms with Gasteiger partial charge >= 0.3 is 5.97 Å². The zero-order valence-corrected chi connectivity index (χ0v) is 18.1. The molecule has 0 fully saturated rings. The van der Waals surface area contributed by atoms with Gasteiger partial charge in [0, 0.05) is 23.1 Å². The zero-order chi connectivity index (χ0) is 24.0. The predicted molar refractivity (Wildman–Crippen MR) is 118 cm³/mol. The van der Waals surface area contributed by atoms with E-state index in [1.807, 2.05) is 0 Å². The molecule has 174 valence electrons. The van der Waals surface area contributed by atoms with Crippen LogP contribution in [-0.4, -0.2) is 46.6 Å². The maximum atomic E-state index is 13.2. The molecule has 11 nitrogen and oxygen atoms in total. The fourth-order valence-electron chi connectivity index (χ4n) is 4.40. The number of nitrogens with one attached hydrogen (secondary N) is 2. The van der Waals surface area contributed by atoms with E-state index in [0.29, 0.717) is 29.1 Å². The molecule has 11 heteroatoms. The average molecular weight is 464 g/mol. The number of carbonyl (C=O) groups is 3. The third-order valence-corrected chi connectivity index (χ3v) is 6.09. The quantitative estimate of drug-likeness (QED) is 0.264. The molecule has 2 aliphatic heterocycles. The SMILES string of the molecule is COc1ccc2nc3c(c(CNC(=O)CNC=O)c2c1)Cn1c-3cc2c(c1=O)COC(=O)C2O. The van der Waals surface area contributed by atoms with Gasteiger partial charge < -0.3 is 29.8 Å². The number of carbonyl (C=O) groups excluding carboxylic acids is 3. The molecule has 1 unspecified atom stereocenters. The summed E-state index contributed by atoms with van der Waals surface area (Å²) in [6, 6.07) is 6.94. The Morgan fingerprint density at radius 1 is 1.32 bits per heavy atom. The summed E-state index contributed by atoms with van der Waals surface area (Å²) in [5.41, 5.74) is 3.16. The van der Waals surface area contributed by atoms with Gasteiger partial charge in [-0.2, -0.15) is 0 Å². The summed E-state index contributed by atoms with van der Waals surface area (Å²) < 4.78 is 11.8. The van der Waals surface area contributed by atoms with Crippen LogP contribution in [0, 0.1) is 0 Å². The molecule has 3 N–H and O–H groups in total. The minimum atomic E-state index is -1.54. The monoisotopic (exact) mass is 464 g/mol. The van der Waals surface area contributed by atoms with Crippen LogP contribution < -0.4 is 20.9 Å². The standard InChI is InChI=1S/C23H20N4O7/c1-33-11-2-3-17-12(4-11)14(6-25-19(29)7-24-10-28)15-8-27-18(20(15)26-17)5-13-16(22(27)31)9-34-23(32)21(13)30/h2-5,10,21,30H,6-9H2,1H3,(H,24,28)(H,25,29). The van der Waals surface area contributed by atoms with Crippen LogP contribution in [0.3, 0.4) is 0 Å². The normalized spacial score (nSPS) is 15.7. The molecule has 34 heavy (non-hydrogen) atoms. The zero-order valence-electron chi connectivity index (χ0n) is 18.1. The Bertz CT molecular complexity index is 1430. The number of amides is 2. The lowest BCUT2D eigenvalue weighted by molar-refractivity contribution is -0.157. The van der Waals surface area contributed by atoms with E-state index in [-0.39, 0.29) is 48.8 Å². The maximum absolute atomic E-state index is 13.2. The minimum Gasteiger partial charge on any atom is -0.497 e. The number of benzene rings is 1. The second kappa shape index (κ2) is 8.27. The number of esters is 1. The van der Waals surface area contributed by atoms with E-state index in [2.05, 4.69) is 10.6 Å². The second-order valence-corrected chi connectivity index (χ2v) is 7.94. The number of aromatic nitrogens is 2. The molecule has 1 atom stereocenters. The number of fused-ring (bicyclic) bond motifs is 5. The summed E-state index contributed by atoms with van der Waals surface area (Å²) in [5, 5.41) is 16.1. The first kappa shape index (κ1) is 21.6. The summed E-state index contributed by atoms with van der Waals surface area (Å²) in [7, 11) is 1.54. The molecule has 0 saturated carbocycles. The number of hydrogen-bond acceptors (Lipinski definition) is 8. The van der Waals surface area contributed by atoms with Crippen molar-refractivity contribution in [3.8, 4) is 17.1 Å². The lowest BCUT2D eigenvalue weighted by Crippen LogP contribution is -2.33. The molecule has 0 spiro atoms. The molecule has 3 aromatic rings. The van der Waals surface area contributed by atoms with Crippen molar-refractivity contribution in [2.75, 3.05) is 13.7 Å². The number of aliphatic hydroxyl groups is 1. The molecule has 2 aromatic heterocycles. The number of hydrogen-bond donors (Lipinski definition) is 3. The number of pyridine rings is 2. The van der Waals surface area contributed by atoms with Gasteiger partial charge in [0.2, 0.25) is 12.3 Å². The van der Waals surface area contributed by atoms with E-state index in [4.69, 9.17) is 14.5 Å². The third kappa shape index (κ3) is 3.37. The van der Waals surface area contributed by atoms with Gasteiger partial charge in [0.1, 0.15) is 12.4 Å². The molecule has 4 heterocycles. The van der Waals surface area contributed by atoms with Crippen molar-refractivity contribution >= 4 is 29.2 Å². The smallest absolute Gasteiger partial charge is 0.340 e. The van der Waals surface area contributed by atoms with Crippen LogP contribution in [-0.2, 0) is 38.8 Å². The number of nitrogens with zero attached hydrogens (tertiary/aromatic N) is 2. The summed E-state index contributed by atoms with van der Waals surface area (Å²) in [4.78, 5) is 52.5. The highest BCUT2D eigenvalue weighted by atomic mass is 16.5. The van der Waals surface area contributed by atoms with E-state index in [0.717, 1.165) is 16.5 Å². The summed E-state index contributed by atoms with van der Waals surface area (Å²) in [6.45, 7) is -0.0599. The maximum Gasteiger partial charge on any atom is 0.340 e. The van der Waals surface area contributed by atoms with Crippen molar-refractivity contribution in [1.29, 1.82) is 0 Å². The number of methoxy groups -OCH3 is 1. The molecule has 0 bridgehead atoms. The van der Waals surface area contributed by atoms with Gasteiger partial charge in [-0.15, -0.1) is 0 Å². The van der Waals surface area contributed by atoms with Gasteiger partial charge in [-0.1, -0.05) is 0 Å². The molecule has 2 aliphatic rings. The number of ether oxygens (including phenoxy) is 2.